The molecule has 3 rings (SSSR count). The van der Waals surface area contributed by atoms with Crippen LogP contribution in [0.2, 0.25) is 0 Å². The molecule has 1 aromatic carbocycles. The number of piperidine rings is 1. The van der Waals surface area contributed by atoms with Crippen molar-refractivity contribution in [1.82, 2.24) is 9.79 Å². The van der Waals surface area contributed by atoms with Gasteiger partial charge in [0.05, 0.1) is 4.90 Å². The van der Waals surface area contributed by atoms with E-state index in [2.05, 4.69) is 6.92 Å². The molecule has 0 aliphatic carbocycles. The van der Waals surface area contributed by atoms with Crippen molar-refractivity contribution in [3.05, 3.63) is 17.7 Å². The molecular weight excluding hydrogens is 324 g/mol. The summed E-state index contributed by atoms with van der Waals surface area (Å²) in [6, 6.07) is 2.77. The zero-order chi connectivity index (χ0) is 16.6. The van der Waals surface area contributed by atoms with Crippen LogP contribution in [0, 0.1) is 5.92 Å². The Kier molecular flexibility index (Phi) is 4.17. The summed E-state index contributed by atoms with van der Waals surface area (Å²) in [6.45, 7) is 2.77. The second-order valence-electron chi connectivity index (χ2n) is 5.70. The molecular formula is C14H18N2O6S. The Hall–Kier alpha value is -1.84. The highest BCUT2D eigenvalue weighted by molar-refractivity contribution is 7.89. The zero-order valence-corrected chi connectivity index (χ0v) is 13.4. The number of rotatable bonds is 3. The molecule has 0 atom stereocenters. The molecule has 0 bridgehead atoms. The molecule has 0 unspecified atom stereocenters. The van der Waals surface area contributed by atoms with Gasteiger partial charge in [0.15, 0.2) is 11.5 Å². The van der Waals surface area contributed by atoms with Crippen LogP contribution in [0.25, 0.3) is 0 Å². The molecule has 2 heterocycles. The van der Waals surface area contributed by atoms with E-state index < -0.39 is 15.9 Å². The van der Waals surface area contributed by atoms with Crippen LogP contribution >= 0.6 is 0 Å². The Labute approximate surface area is 134 Å². The standard InChI is InChI=1S/C14H18N2O6S/c1-9-4-6-16(7-5-9)23(19,20)11-3-2-10-13(22-8-21-10)12(11)14(17)15-18/h2-3,9,18H,4-8H2,1H3,(H,15,17). The third kappa shape index (κ3) is 2.75. The summed E-state index contributed by atoms with van der Waals surface area (Å²) >= 11 is 0. The number of sulfonamides is 1. The number of amides is 1. The normalized spacial score (nSPS) is 18.9. The van der Waals surface area contributed by atoms with Crippen molar-refractivity contribution in [3.8, 4) is 11.5 Å². The Morgan fingerprint density at radius 1 is 1.30 bits per heavy atom. The first-order chi connectivity index (χ1) is 10.9. The van der Waals surface area contributed by atoms with Crippen molar-refractivity contribution >= 4 is 15.9 Å². The number of hydrogen-bond acceptors (Lipinski definition) is 6. The van der Waals surface area contributed by atoms with Crippen LogP contribution in [-0.2, 0) is 10.0 Å². The number of benzene rings is 1. The average molecular weight is 342 g/mol. The lowest BCUT2D eigenvalue weighted by Gasteiger charge is -2.30. The maximum Gasteiger partial charge on any atom is 0.279 e. The predicted octanol–water partition coefficient (Wildman–Crippen LogP) is 0.955. The first-order valence-electron chi connectivity index (χ1n) is 7.32. The lowest BCUT2D eigenvalue weighted by Crippen LogP contribution is -2.38. The van der Waals surface area contributed by atoms with Crippen molar-refractivity contribution < 1.29 is 27.9 Å². The first-order valence-corrected chi connectivity index (χ1v) is 8.76. The lowest BCUT2D eigenvalue weighted by atomic mass is 10.0. The van der Waals surface area contributed by atoms with Gasteiger partial charge in [-0.05, 0) is 30.9 Å². The van der Waals surface area contributed by atoms with Crippen molar-refractivity contribution in [3.63, 3.8) is 0 Å². The Bertz CT molecular complexity index is 725. The SMILES string of the molecule is CC1CCN(S(=O)(=O)c2ccc3c(c2C(=O)NO)OCO3)CC1. The highest BCUT2D eigenvalue weighted by Crippen LogP contribution is 2.40. The van der Waals surface area contributed by atoms with Gasteiger partial charge >= 0.3 is 0 Å². The van der Waals surface area contributed by atoms with Gasteiger partial charge in [0, 0.05) is 13.1 Å². The number of hydrogen-bond donors (Lipinski definition) is 2. The van der Waals surface area contributed by atoms with Crippen LogP contribution in [0.5, 0.6) is 11.5 Å². The molecule has 1 amide bonds. The first kappa shape index (κ1) is 16.0. The topological polar surface area (TPSA) is 105 Å². The molecule has 0 radical (unpaired) electrons. The predicted molar refractivity (Wildman–Crippen MR) is 79.0 cm³/mol. The van der Waals surface area contributed by atoms with Crippen molar-refractivity contribution in [2.75, 3.05) is 19.9 Å². The summed E-state index contributed by atoms with van der Waals surface area (Å²) in [6.07, 6.45) is 1.54. The Morgan fingerprint density at radius 2 is 2.00 bits per heavy atom. The van der Waals surface area contributed by atoms with Crippen LogP contribution in [-0.4, -0.2) is 43.7 Å². The zero-order valence-electron chi connectivity index (χ0n) is 12.6. The number of nitrogens with zero attached hydrogens (tertiary/aromatic N) is 1. The highest BCUT2D eigenvalue weighted by Gasteiger charge is 2.35. The van der Waals surface area contributed by atoms with E-state index >= 15 is 0 Å². The molecule has 0 spiro atoms. The van der Waals surface area contributed by atoms with E-state index in [9.17, 15) is 13.2 Å². The van der Waals surface area contributed by atoms with Crippen LogP contribution in [0.3, 0.4) is 0 Å². The maximum atomic E-state index is 12.9. The highest BCUT2D eigenvalue weighted by atomic mass is 32.2. The summed E-state index contributed by atoms with van der Waals surface area (Å²) in [5, 5.41) is 8.95. The van der Waals surface area contributed by atoms with Gasteiger partial charge in [0.2, 0.25) is 16.8 Å². The summed E-state index contributed by atoms with van der Waals surface area (Å²) in [4.78, 5) is 11.8. The molecule has 0 saturated carbocycles. The number of fused-ring (bicyclic) bond motifs is 1. The monoisotopic (exact) mass is 342 g/mol. The maximum absolute atomic E-state index is 12.9. The van der Waals surface area contributed by atoms with Gasteiger partial charge in [-0.1, -0.05) is 6.92 Å². The number of ether oxygens (including phenoxy) is 2. The molecule has 0 aromatic heterocycles. The van der Waals surface area contributed by atoms with Gasteiger partial charge in [-0.2, -0.15) is 4.31 Å². The van der Waals surface area contributed by atoms with Gasteiger partial charge in [0.1, 0.15) is 5.56 Å². The summed E-state index contributed by atoms with van der Waals surface area (Å²) < 4.78 is 37.5. The molecule has 2 aliphatic rings. The minimum absolute atomic E-state index is 0.0306. The van der Waals surface area contributed by atoms with E-state index in [-0.39, 0.29) is 28.8 Å². The number of hydroxylamine groups is 1. The van der Waals surface area contributed by atoms with Crippen molar-refractivity contribution in [2.45, 2.75) is 24.7 Å². The largest absolute Gasteiger partial charge is 0.454 e. The third-order valence-corrected chi connectivity index (χ3v) is 6.13. The van der Waals surface area contributed by atoms with E-state index in [0.29, 0.717) is 19.0 Å². The molecule has 23 heavy (non-hydrogen) atoms. The molecule has 1 aromatic rings. The van der Waals surface area contributed by atoms with Gasteiger partial charge in [-0.25, -0.2) is 13.9 Å². The molecule has 2 aliphatic heterocycles. The number of nitrogens with one attached hydrogen (secondary N) is 1. The summed E-state index contributed by atoms with van der Waals surface area (Å²) in [7, 11) is -3.87. The van der Waals surface area contributed by atoms with E-state index in [1.807, 2.05) is 0 Å². The molecule has 126 valence electrons. The molecule has 1 saturated heterocycles. The minimum atomic E-state index is -3.87. The Balaban J connectivity index is 2.07. The minimum Gasteiger partial charge on any atom is -0.454 e. The molecule has 1 fully saturated rings. The molecule has 9 heteroatoms. The van der Waals surface area contributed by atoms with E-state index in [4.69, 9.17) is 14.7 Å². The fourth-order valence-electron chi connectivity index (χ4n) is 2.80. The Morgan fingerprint density at radius 3 is 2.65 bits per heavy atom. The molecule has 8 nitrogen and oxygen atoms in total. The number of carbonyl (C=O) groups excluding carboxylic acids is 1. The fraction of sp³-hybridized carbons (Fsp3) is 0.500. The van der Waals surface area contributed by atoms with Gasteiger partial charge in [-0.3, -0.25) is 10.0 Å². The van der Waals surface area contributed by atoms with Crippen LogP contribution in [0.4, 0.5) is 0 Å². The summed E-state index contributed by atoms with van der Waals surface area (Å²) in [5.41, 5.74) is 1.24. The van der Waals surface area contributed by atoms with Gasteiger partial charge in [0.25, 0.3) is 5.91 Å². The van der Waals surface area contributed by atoms with E-state index in [0.717, 1.165) is 12.8 Å². The van der Waals surface area contributed by atoms with Gasteiger partial charge in [-0.15, -0.1) is 0 Å². The smallest absolute Gasteiger partial charge is 0.279 e. The van der Waals surface area contributed by atoms with Crippen LogP contribution < -0.4 is 15.0 Å². The van der Waals surface area contributed by atoms with Crippen LogP contribution in [0.1, 0.15) is 30.1 Å². The second kappa shape index (κ2) is 5.99. The number of carbonyl (C=O) groups is 1. The quantitative estimate of drug-likeness (QED) is 0.626. The average Bonchev–Trinajstić information content (AvgIpc) is 3.02. The van der Waals surface area contributed by atoms with Crippen molar-refractivity contribution in [2.24, 2.45) is 5.92 Å². The molecule has 2 N–H and O–H groups in total. The van der Waals surface area contributed by atoms with E-state index in [1.165, 1.54) is 21.9 Å². The second-order valence-corrected chi connectivity index (χ2v) is 7.61. The lowest BCUT2D eigenvalue weighted by molar-refractivity contribution is 0.0697. The fourth-order valence-corrected chi connectivity index (χ4v) is 4.46. The van der Waals surface area contributed by atoms with E-state index in [1.54, 1.807) is 0 Å². The van der Waals surface area contributed by atoms with Crippen LogP contribution in [0.15, 0.2) is 17.0 Å². The third-order valence-electron chi connectivity index (χ3n) is 4.19. The van der Waals surface area contributed by atoms with Crippen molar-refractivity contribution in [1.29, 1.82) is 0 Å². The van der Waals surface area contributed by atoms with Gasteiger partial charge < -0.3 is 9.47 Å². The summed E-state index contributed by atoms with van der Waals surface area (Å²) in [5.74, 6) is -0.174.